The lowest BCUT2D eigenvalue weighted by molar-refractivity contribution is -0.128. The Hall–Kier alpha value is -0.330. The molecule has 1 saturated carbocycles. The molecule has 0 heterocycles. The van der Waals surface area contributed by atoms with E-state index in [1.54, 1.807) is 0 Å². The third-order valence-corrected chi connectivity index (χ3v) is 3.01. The maximum absolute atomic E-state index is 11.7. The van der Waals surface area contributed by atoms with Crippen LogP contribution in [0.2, 0.25) is 0 Å². The Morgan fingerprint density at radius 3 is 2.00 bits per heavy atom. The largest absolute Gasteiger partial charge is 0.299 e. The van der Waals surface area contributed by atoms with Gasteiger partial charge >= 0.3 is 0 Å². The second kappa shape index (κ2) is 2.62. The number of carbonyl (C=O) groups excluding carboxylic acids is 1. The van der Waals surface area contributed by atoms with Crippen LogP contribution in [-0.4, -0.2) is 5.78 Å². The number of Topliss-reactive ketones (excluding diaryl/α,β-unsaturated/α-hetero) is 1. The van der Waals surface area contributed by atoms with Gasteiger partial charge in [0.05, 0.1) is 0 Å². The molecule has 1 fully saturated rings. The zero-order chi connectivity index (χ0) is 8.65. The molecule has 0 aromatic carbocycles. The average Bonchev–Trinajstić information content (AvgIpc) is 2.66. The fourth-order valence-corrected chi connectivity index (χ4v) is 1.29. The van der Waals surface area contributed by atoms with E-state index < -0.39 is 0 Å². The predicted molar refractivity (Wildman–Crippen MR) is 46.4 cm³/mol. The summed E-state index contributed by atoms with van der Waals surface area (Å²) in [5.74, 6) is 1.23. The smallest absolute Gasteiger partial charge is 0.141 e. The molecular weight excluding hydrogens is 136 g/mol. The first-order valence-electron chi connectivity index (χ1n) is 4.52. The van der Waals surface area contributed by atoms with Gasteiger partial charge in [-0.15, -0.1) is 0 Å². The lowest BCUT2D eigenvalue weighted by atomic mass is 9.85. The van der Waals surface area contributed by atoms with E-state index in [1.165, 1.54) is 0 Å². The monoisotopic (exact) mass is 154 g/mol. The highest BCUT2D eigenvalue weighted by molar-refractivity contribution is 5.88. The van der Waals surface area contributed by atoms with Crippen LogP contribution >= 0.6 is 0 Å². The van der Waals surface area contributed by atoms with Crippen molar-refractivity contribution in [1.29, 1.82) is 0 Å². The standard InChI is InChI=1S/C10H18O/c1-7(2)8(3)9(11)10(4)5-6-10/h7-8H,5-6H2,1-4H3. The summed E-state index contributed by atoms with van der Waals surface area (Å²) < 4.78 is 0. The van der Waals surface area contributed by atoms with Gasteiger partial charge in [-0.2, -0.15) is 0 Å². The Balaban J connectivity index is 2.54. The molecule has 0 amide bonds. The van der Waals surface area contributed by atoms with E-state index in [4.69, 9.17) is 0 Å². The first-order valence-corrected chi connectivity index (χ1v) is 4.52. The topological polar surface area (TPSA) is 17.1 Å². The van der Waals surface area contributed by atoms with Crippen molar-refractivity contribution in [3.05, 3.63) is 0 Å². The molecule has 1 heteroatoms. The number of ketones is 1. The van der Waals surface area contributed by atoms with Crippen LogP contribution < -0.4 is 0 Å². The van der Waals surface area contributed by atoms with Gasteiger partial charge in [-0.3, -0.25) is 4.79 Å². The second-order valence-corrected chi connectivity index (χ2v) is 4.46. The normalized spacial score (nSPS) is 23.4. The van der Waals surface area contributed by atoms with Crippen molar-refractivity contribution in [2.24, 2.45) is 17.3 Å². The van der Waals surface area contributed by atoms with E-state index in [-0.39, 0.29) is 11.3 Å². The number of hydrogen-bond donors (Lipinski definition) is 0. The number of hydrogen-bond acceptors (Lipinski definition) is 1. The SMILES string of the molecule is CC(C)C(C)C(=O)C1(C)CC1. The highest BCUT2D eigenvalue weighted by Crippen LogP contribution is 2.48. The predicted octanol–water partition coefficient (Wildman–Crippen LogP) is 2.65. The molecule has 1 aliphatic rings. The minimum Gasteiger partial charge on any atom is -0.299 e. The van der Waals surface area contributed by atoms with Gasteiger partial charge in [0.25, 0.3) is 0 Å². The zero-order valence-electron chi connectivity index (χ0n) is 7.98. The van der Waals surface area contributed by atoms with Crippen LogP contribution in [0, 0.1) is 17.3 Å². The minimum absolute atomic E-state index is 0.0731. The molecule has 0 spiro atoms. The van der Waals surface area contributed by atoms with Crippen LogP contribution in [0.1, 0.15) is 40.5 Å². The third kappa shape index (κ3) is 1.63. The van der Waals surface area contributed by atoms with Crippen molar-refractivity contribution in [3.8, 4) is 0 Å². The molecule has 1 atom stereocenters. The quantitative estimate of drug-likeness (QED) is 0.610. The third-order valence-electron chi connectivity index (χ3n) is 3.01. The van der Waals surface area contributed by atoms with Gasteiger partial charge < -0.3 is 0 Å². The highest BCUT2D eigenvalue weighted by Gasteiger charge is 2.46. The number of carbonyl (C=O) groups is 1. The van der Waals surface area contributed by atoms with Gasteiger partial charge in [-0.25, -0.2) is 0 Å². The minimum atomic E-state index is 0.0731. The summed E-state index contributed by atoms with van der Waals surface area (Å²) in [7, 11) is 0. The Morgan fingerprint density at radius 2 is 1.73 bits per heavy atom. The van der Waals surface area contributed by atoms with Gasteiger partial charge in [0.1, 0.15) is 5.78 Å². The van der Waals surface area contributed by atoms with Gasteiger partial charge in [0, 0.05) is 11.3 Å². The Kier molecular flexibility index (Phi) is 2.08. The highest BCUT2D eigenvalue weighted by atomic mass is 16.1. The lowest BCUT2D eigenvalue weighted by Crippen LogP contribution is -2.24. The molecule has 1 rings (SSSR count). The van der Waals surface area contributed by atoms with E-state index in [0.29, 0.717) is 11.7 Å². The van der Waals surface area contributed by atoms with E-state index in [9.17, 15) is 4.79 Å². The second-order valence-electron chi connectivity index (χ2n) is 4.46. The van der Waals surface area contributed by atoms with Gasteiger partial charge in [-0.05, 0) is 18.8 Å². The Morgan fingerprint density at radius 1 is 1.27 bits per heavy atom. The lowest BCUT2D eigenvalue weighted by Gasteiger charge is -2.17. The molecule has 0 saturated heterocycles. The fraction of sp³-hybridized carbons (Fsp3) is 0.900. The summed E-state index contributed by atoms with van der Waals surface area (Å²) in [6.45, 7) is 8.38. The zero-order valence-corrected chi connectivity index (χ0v) is 7.98. The first-order chi connectivity index (χ1) is 4.97. The average molecular weight is 154 g/mol. The van der Waals surface area contributed by atoms with Crippen LogP contribution in [0.4, 0.5) is 0 Å². The van der Waals surface area contributed by atoms with Crippen molar-refractivity contribution in [1.82, 2.24) is 0 Å². The van der Waals surface area contributed by atoms with Crippen molar-refractivity contribution in [3.63, 3.8) is 0 Å². The van der Waals surface area contributed by atoms with Crippen LogP contribution in [0.5, 0.6) is 0 Å². The van der Waals surface area contributed by atoms with Gasteiger partial charge in [0.2, 0.25) is 0 Å². The first kappa shape index (κ1) is 8.76. The molecule has 0 bridgehead atoms. The van der Waals surface area contributed by atoms with Crippen molar-refractivity contribution < 1.29 is 4.79 Å². The summed E-state index contributed by atoms with van der Waals surface area (Å²) in [4.78, 5) is 11.7. The number of rotatable bonds is 3. The summed E-state index contributed by atoms with van der Waals surface area (Å²) >= 11 is 0. The molecule has 0 radical (unpaired) electrons. The maximum Gasteiger partial charge on any atom is 0.141 e. The van der Waals surface area contributed by atoms with Crippen LogP contribution in [0.3, 0.4) is 0 Å². The molecule has 11 heavy (non-hydrogen) atoms. The van der Waals surface area contributed by atoms with E-state index in [1.807, 2.05) is 0 Å². The molecule has 0 aliphatic heterocycles. The van der Waals surface area contributed by atoms with Gasteiger partial charge in [-0.1, -0.05) is 27.7 Å². The van der Waals surface area contributed by atoms with E-state index >= 15 is 0 Å². The van der Waals surface area contributed by atoms with Gasteiger partial charge in [0.15, 0.2) is 0 Å². The summed E-state index contributed by atoms with van der Waals surface area (Å²) in [6, 6.07) is 0. The van der Waals surface area contributed by atoms with Crippen LogP contribution in [0.25, 0.3) is 0 Å². The molecular formula is C10H18O. The summed E-state index contributed by atoms with van der Waals surface area (Å²) in [6.07, 6.45) is 2.23. The molecule has 64 valence electrons. The molecule has 1 nitrogen and oxygen atoms in total. The molecule has 1 aliphatic carbocycles. The van der Waals surface area contributed by atoms with Crippen molar-refractivity contribution >= 4 is 5.78 Å². The molecule has 0 N–H and O–H groups in total. The van der Waals surface area contributed by atoms with Crippen LogP contribution in [0.15, 0.2) is 0 Å². The Bertz CT molecular complexity index is 166. The molecule has 0 aromatic rings. The van der Waals surface area contributed by atoms with Crippen LogP contribution in [-0.2, 0) is 4.79 Å². The molecule has 0 aromatic heterocycles. The van der Waals surface area contributed by atoms with Crippen molar-refractivity contribution in [2.45, 2.75) is 40.5 Å². The summed E-state index contributed by atoms with van der Waals surface area (Å²) in [5.41, 5.74) is 0.0731. The fourth-order valence-electron chi connectivity index (χ4n) is 1.29. The maximum atomic E-state index is 11.7. The molecule has 1 unspecified atom stereocenters. The van der Waals surface area contributed by atoms with E-state index in [2.05, 4.69) is 27.7 Å². The Labute approximate surface area is 69.2 Å². The van der Waals surface area contributed by atoms with Crippen molar-refractivity contribution in [2.75, 3.05) is 0 Å². The summed E-state index contributed by atoms with van der Waals surface area (Å²) in [5, 5.41) is 0. The van der Waals surface area contributed by atoms with E-state index in [0.717, 1.165) is 12.8 Å².